The van der Waals surface area contributed by atoms with E-state index in [0.29, 0.717) is 5.69 Å². The van der Waals surface area contributed by atoms with Gasteiger partial charge in [0.05, 0.1) is 5.02 Å². The molecule has 7 nitrogen and oxygen atoms in total. The Labute approximate surface area is 134 Å². The summed E-state index contributed by atoms with van der Waals surface area (Å²) in [6.07, 6.45) is 1.48. The highest BCUT2D eigenvalue weighted by Crippen LogP contribution is 2.46. The van der Waals surface area contributed by atoms with E-state index in [1.165, 1.54) is 23.0 Å². The van der Waals surface area contributed by atoms with Gasteiger partial charge in [-0.1, -0.05) is 11.6 Å². The van der Waals surface area contributed by atoms with E-state index in [-0.39, 0.29) is 27.9 Å². The lowest BCUT2D eigenvalue weighted by molar-refractivity contribution is -0.161. The number of hydrogen-bond donors (Lipinski definition) is 1. The van der Waals surface area contributed by atoms with Crippen molar-refractivity contribution < 1.29 is 24.2 Å². The Morgan fingerprint density at radius 3 is 2.68 bits per heavy atom. The number of halogens is 2. The number of aliphatic carboxylic acids is 1. The van der Waals surface area contributed by atoms with Gasteiger partial charge in [0.2, 0.25) is 5.78 Å². The third kappa shape index (κ3) is 2.18. The Morgan fingerprint density at radius 2 is 2.09 bits per heavy atom. The molecular formula is C13H8Cl2N2O5. The number of carboxylic acids is 1. The number of ether oxygens (including phenoxy) is 2. The summed E-state index contributed by atoms with van der Waals surface area (Å²) >= 11 is 11.7. The predicted molar refractivity (Wildman–Crippen MR) is 75.6 cm³/mol. The molecular weight excluding hydrogens is 335 g/mol. The van der Waals surface area contributed by atoms with Gasteiger partial charge in [0.25, 0.3) is 0 Å². The van der Waals surface area contributed by atoms with Gasteiger partial charge >= 0.3 is 11.2 Å². The number of nitrogens with zero attached hydrogens (tertiary/aromatic N) is 2. The quantitative estimate of drug-likeness (QED) is 0.678. The highest BCUT2D eigenvalue weighted by molar-refractivity contribution is 6.34. The molecule has 1 aromatic heterocycles. The fourth-order valence-corrected chi connectivity index (χ4v) is 2.41. The van der Waals surface area contributed by atoms with Crippen molar-refractivity contribution in [2.45, 2.75) is 5.25 Å². The smallest absolute Gasteiger partial charge is 0.436 e. The molecule has 1 N–H and O–H groups in total. The summed E-state index contributed by atoms with van der Waals surface area (Å²) in [6.45, 7) is 0. The zero-order chi connectivity index (χ0) is 16.1. The first-order valence-corrected chi connectivity index (χ1v) is 6.74. The molecule has 114 valence electrons. The molecule has 0 saturated heterocycles. The monoisotopic (exact) mass is 342 g/mol. The number of ketones is 1. The van der Waals surface area contributed by atoms with Crippen LogP contribution in [0.25, 0.3) is 0 Å². The van der Waals surface area contributed by atoms with Crippen LogP contribution in [0.3, 0.4) is 0 Å². The minimum atomic E-state index is -2.39. The van der Waals surface area contributed by atoms with E-state index in [1.54, 1.807) is 13.1 Å². The first-order valence-electron chi connectivity index (χ1n) is 5.98. The Kier molecular flexibility index (Phi) is 3.26. The molecule has 22 heavy (non-hydrogen) atoms. The van der Waals surface area contributed by atoms with E-state index in [4.69, 9.17) is 37.8 Å². The van der Waals surface area contributed by atoms with E-state index >= 15 is 0 Å². The molecule has 0 saturated carbocycles. The Hall–Kier alpha value is -2.25. The lowest BCUT2D eigenvalue weighted by atomic mass is 10.1. The van der Waals surface area contributed by atoms with Gasteiger partial charge in [-0.3, -0.25) is 9.48 Å². The van der Waals surface area contributed by atoms with Crippen LogP contribution in [0.5, 0.6) is 11.5 Å². The first kappa shape index (κ1) is 14.7. The second kappa shape index (κ2) is 4.89. The molecule has 3 rings (SSSR count). The highest BCUT2D eigenvalue weighted by Gasteiger charge is 2.49. The van der Waals surface area contributed by atoms with Crippen LogP contribution in [0.2, 0.25) is 5.02 Å². The van der Waals surface area contributed by atoms with Crippen molar-refractivity contribution in [2.75, 3.05) is 0 Å². The summed E-state index contributed by atoms with van der Waals surface area (Å²) in [5, 5.41) is 10.5. The third-order valence-corrected chi connectivity index (χ3v) is 3.65. The molecule has 2 aromatic rings. The molecule has 1 unspecified atom stereocenters. The van der Waals surface area contributed by atoms with Gasteiger partial charge in [0.1, 0.15) is 5.69 Å². The van der Waals surface area contributed by atoms with Crippen LogP contribution in [0.15, 0.2) is 24.4 Å². The van der Waals surface area contributed by atoms with Crippen LogP contribution >= 0.6 is 23.2 Å². The average molecular weight is 343 g/mol. The van der Waals surface area contributed by atoms with E-state index in [1.807, 2.05) is 0 Å². The second-order valence-corrected chi connectivity index (χ2v) is 5.40. The van der Waals surface area contributed by atoms with Crippen molar-refractivity contribution in [3.8, 4) is 11.5 Å². The van der Waals surface area contributed by atoms with Crippen LogP contribution in [0.1, 0.15) is 16.1 Å². The normalized spacial score (nSPS) is 19.2. The van der Waals surface area contributed by atoms with Crippen molar-refractivity contribution >= 4 is 35.0 Å². The predicted octanol–water partition coefficient (Wildman–Crippen LogP) is 2.05. The summed E-state index contributed by atoms with van der Waals surface area (Å²) in [5.74, 6) is -1.92. The van der Waals surface area contributed by atoms with Crippen LogP contribution in [-0.2, 0) is 11.8 Å². The maximum absolute atomic E-state index is 12.4. The molecule has 1 aliphatic rings. The molecule has 0 radical (unpaired) electrons. The summed E-state index contributed by atoms with van der Waals surface area (Å²) in [4.78, 5) is 23.5. The van der Waals surface area contributed by atoms with Gasteiger partial charge in [0, 0.05) is 18.8 Å². The summed E-state index contributed by atoms with van der Waals surface area (Å²) in [5.41, 5.74) is 0.535. The molecule has 0 fully saturated rings. The standard InChI is InChI=1S/C13H8Cl2N2O5/c1-17-8(2-3-16-17)10(18)6-4-7(14)11-9(5-6)21-13(15,22-11)12(19)20/h2-5H,1H3,(H,19,20). The van der Waals surface area contributed by atoms with Crippen LogP contribution in [-0.4, -0.2) is 31.9 Å². The number of benzene rings is 1. The first-order chi connectivity index (χ1) is 10.3. The van der Waals surface area contributed by atoms with Gasteiger partial charge in [0.15, 0.2) is 11.5 Å². The Bertz CT molecular complexity index is 804. The zero-order valence-corrected chi connectivity index (χ0v) is 12.6. The van der Waals surface area contributed by atoms with Crippen molar-refractivity contribution in [2.24, 2.45) is 7.05 Å². The highest BCUT2D eigenvalue weighted by atomic mass is 35.5. The average Bonchev–Trinajstić information content (AvgIpc) is 3.02. The van der Waals surface area contributed by atoms with E-state index in [2.05, 4.69) is 5.10 Å². The molecule has 0 spiro atoms. The van der Waals surface area contributed by atoms with Gasteiger partial charge < -0.3 is 14.6 Å². The van der Waals surface area contributed by atoms with Gasteiger partial charge in [-0.05, 0) is 29.8 Å². The topological polar surface area (TPSA) is 90.7 Å². The minimum absolute atomic E-state index is 0.0181. The Morgan fingerprint density at radius 1 is 1.36 bits per heavy atom. The van der Waals surface area contributed by atoms with Gasteiger partial charge in [-0.15, -0.1) is 0 Å². The molecule has 0 aliphatic carbocycles. The lowest BCUT2D eigenvalue weighted by Gasteiger charge is -2.13. The molecule has 1 atom stereocenters. The molecule has 1 aliphatic heterocycles. The van der Waals surface area contributed by atoms with Crippen LogP contribution in [0.4, 0.5) is 0 Å². The summed E-state index contributed by atoms with van der Waals surface area (Å²) < 4.78 is 11.5. The fourth-order valence-electron chi connectivity index (χ4n) is 2.00. The maximum atomic E-state index is 12.4. The molecule has 0 bridgehead atoms. The summed E-state index contributed by atoms with van der Waals surface area (Å²) in [7, 11) is 1.62. The zero-order valence-electron chi connectivity index (χ0n) is 11.0. The number of carboxylic acid groups (broad SMARTS) is 1. The van der Waals surface area contributed by atoms with Crippen molar-refractivity contribution in [3.63, 3.8) is 0 Å². The molecule has 9 heteroatoms. The van der Waals surface area contributed by atoms with E-state index in [9.17, 15) is 9.59 Å². The Balaban J connectivity index is 2.02. The summed E-state index contributed by atoms with van der Waals surface area (Å²) in [6, 6.07) is 4.22. The molecule has 1 aromatic carbocycles. The lowest BCUT2D eigenvalue weighted by Crippen LogP contribution is -2.40. The van der Waals surface area contributed by atoms with Gasteiger partial charge in [-0.25, -0.2) is 4.79 Å². The number of hydrogen-bond acceptors (Lipinski definition) is 5. The number of aromatic nitrogens is 2. The number of rotatable bonds is 3. The van der Waals surface area contributed by atoms with E-state index in [0.717, 1.165) is 0 Å². The van der Waals surface area contributed by atoms with Crippen LogP contribution in [0, 0.1) is 0 Å². The second-order valence-electron chi connectivity index (χ2n) is 4.50. The number of aryl methyl sites for hydroxylation is 1. The molecule has 2 heterocycles. The molecule has 0 amide bonds. The third-order valence-electron chi connectivity index (χ3n) is 3.06. The number of alkyl halides is 1. The number of carbonyl (C=O) groups excluding carboxylic acids is 1. The van der Waals surface area contributed by atoms with Crippen molar-refractivity contribution in [1.29, 1.82) is 0 Å². The number of fused-ring (bicyclic) bond motifs is 1. The number of carbonyl (C=O) groups is 2. The maximum Gasteiger partial charge on any atom is 0.436 e. The SMILES string of the molecule is Cn1nccc1C(=O)c1cc(Cl)c2c(c1)OC(Cl)(C(=O)O)O2. The van der Waals surface area contributed by atoms with Crippen molar-refractivity contribution in [1.82, 2.24) is 9.78 Å². The van der Waals surface area contributed by atoms with Crippen molar-refractivity contribution in [3.05, 3.63) is 40.7 Å². The fraction of sp³-hybridized carbons (Fsp3) is 0.154. The van der Waals surface area contributed by atoms with Gasteiger partial charge in [-0.2, -0.15) is 5.10 Å². The largest absolute Gasteiger partial charge is 0.474 e. The van der Waals surface area contributed by atoms with E-state index < -0.39 is 11.2 Å². The minimum Gasteiger partial charge on any atom is -0.474 e. The van der Waals surface area contributed by atoms with Crippen LogP contribution < -0.4 is 9.47 Å².